The van der Waals surface area contributed by atoms with Gasteiger partial charge in [-0.05, 0) is 56.9 Å². The van der Waals surface area contributed by atoms with Crippen LogP contribution < -0.4 is 0 Å². The van der Waals surface area contributed by atoms with Gasteiger partial charge in [-0.25, -0.2) is 0 Å². The largest absolute Gasteiger partial charge is 0.508 e. The van der Waals surface area contributed by atoms with Crippen LogP contribution in [0.15, 0.2) is 146 Å². The van der Waals surface area contributed by atoms with Gasteiger partial charge in [0, 0.05) is 0 Å². The Morgan fingerprint density at radius 3 is 0.971 bits per heavy atom. The van der Waals surface area contributed by atoms with Crippen molar-refractivity contribution in [3.63, 3.8) is 0 Å². The Hall–Kier alpha value is -4.56. The minimum absolute atomic E-state index is 0.322. The molecule has 6 rings (SSSR count). The summed E-state index contributed by atoms with van der Waals surface area (Å²) in [6.45, 7) is 0. The van der Waals surface area contributed by atoms with Gasteiger partial charge in [0.1, 0.15) is 11.5 Å². The maximum absolute atomic E-state index is 8.63. The van der Waals surface area contributed by atoms with Gasteiger partial charge in [-0.1, -0.05) is 121 Å². The fraction of sp³-hybridized carbons (Fsp3) is 0. The van der Waals surface area contributed by atoms with Crippen LogP contribution in [0.1, 0.15) is 0 Å². The molecule has 0 heterocycles. The first-order valence-electron chi connectivity index (χ1n) is 11.2. The third-order valence-corrected chi connectivity index (χ3v) is 5.38. The Bertz CT molecular complexity index is 1330. The van der Waals surface area contributed by atoms with Crippen LogP contribution in [0, 0.1) is 0 Å². The summed E-state index contributed by atoms with van der Waals surface area (Å²) < 4.78 is 0. The number of phenolic OH excluding ortho intramolecular Hbond substituents is 2. The lowest BCUT2D eigenvalue weighted by atomic mass is 9.94. The van der Waals surface area contributed by atoms with Gasteiger partial charge in [0.25, 0.3) is 0 Å². The quantitative estimate of drug-likeness (QED) is 0.268. The van der Waals surface area contributed by atoms with Crippen molar-refractivity contribution in [1.82, 2.24) is 0 Å². The third kappa shape index (κ3) is 5.81. The lowest BCUT2D eigenvalue weighted by molar-refractivity contribution is 0.475. The van der Waals surface area contributed by atoms with Gasteiger partial charge >= 0.3 is 0 Å². The van der Waals surface area contributed by atoms with Crippen molar-refractivity contribution in [3.05, 3.63) is 146 Å². The first-order valence-corrected chi connectivity index (χ1v) is 11.2. The van der Waals surface area contributed by atoms with E-state index in [4.69, 9.17) is 10.2 Å². The normalized spacial score (nSPS) is 10.0. The molecule has 0 aliphatic carbocycles. The number of fused-ring (bicyclic) bond motifs is 2. The molecule has 2 nitrogen and oxygen atoms in total. The van der Waals surface area contributed by atoms with E-state index >= 15 is 0 Å². The summed E-state index contributed by atoms with van der Waals surface area (Å²) >= 11 is 0. The van der Waals surface area contributed by atoms with E-state index in [2.05, 4.69) is 84.9 Å². The molecule has 166 valence electrons. The molecular weight excluding hydrogens is 416 g/mol. The van der Waals surface area contributed by atoms with E-state index in [-0.39, 0.29) is 0 Å². The average Bonchev–Trinajstić information content (AvgIpc) is 2.90. The van der Waals surface area contributed by atoms with Crippen LogP contribution >= 0.6 is 0 Å². The van der Waals surface area contributed by atoms with Gasteiger partial charge in [-0.3, -0.25) is 0 Å². The van der Waals surface area contributed by atoms with Crippen molar-refractivity contribution >= 4 is 21.5 Å². The summed E-state index contributed by atoms with van der Waals surface area (Å²) in [5.74, 6) is 0.644. The van der Waals surface area contributed by atoms with E-state index in [0.29, 0.717) is 11.5 Å². The highest BCUT2D eigenvalue weighted by Crippen LogP contribution is 2.33. The lowest BCUT2D eigenvalue weighted by Gasteiger charge is -2.10. The van der Waals surface area contributed by atoms with Crippen molar-refractivity contribution in [3.8, 4) is 22.6 Å². The Morgan fingerprint density at radius 2 is 0.618 bits per heavy atom. The van der Waals surface area contributed by atoms with Gasteiger partial charge in [0.15, 0.2) is 0 Å². The number of phenols is 2. The second kappa shape index (κ2) is 11.3. The maximum Gasteiger partial charge on any atom is 0.115 e. The van der Waals surface area contributed by atoms with Crippen LogP contribution in [0.5, 0.6) is 11.5 Å². The maximum atomic E-state index is 8.63. The highest BCUT2D eigenvalue weighted by molar-refractivity contribution is 6.05. The summed E-state index contributed by atoms with van der Waals surface area (Å²) in [4.78, 5) is 0. The van der Waals surface area contributed by atoms with Crippen molar-refractivity contribution in [2.75, 3.05) is 0 Å². The van der Waals surface area contributed by atoms with Gasteiger partial charge in [0.2, 0.25) is 0 Å². The molecule has 0 atom stereocenters. The molecule has 0 saturated heterocycles. The smallest absolute Gasteiger partial charge is 0.115 e. The van der Waals surface area contributed by atoms with E-state index in [1.165, 1.54) is 32.7 Å². The monoisotopic (exact) mass is 442 g/mol. The van der Waals surface area contributed by atoms with Crippen molar-refractivity contribution < 1.29 is 10.2 Å². The van der Waals surface area contributed by atoms with E-state index in [1.54, 1.807) is 48.5 Å². The van der Waals surface area contributed by atoms with E-state index in [0.717, 1.165) is 0 Å². The molecule has 0 amide bonds. The Morgan fingerprint density at radius 1 is 0.294 bits per heavy atom. The highest BCUT2D eigenvalue weighted by atomic mass is 16.3. The van der Waals surface area contributed by atoms with Crippen LogP contribution in [0.2, 0.25) is 0 Å². The molecule has 34 heavy (non-hydrogen) atoms. The minimum Gasteiger partial charge on any atom is -0.508 e. The first-order chi connectivity index (χ1) is 16.7. The summed E-state index contributed by atoms with van der Waals surface area (Å²) in [7, 11) is 0. The highest BCUT2D eigenvalue weighted by Gasteiger charge is 2.06. The van der Waals surface area contributed by atoms with Crippen molar-refractivity contribution in [1.29, 1.82) is 0 Å². The van der Waals surface area contributed by atoms with Gasteiger partial charge < -0.3 is 10.2 Å². The molecule has 2 N–H and O–H groups in total. The predicted molar refractivity (Wildman–Crippen MR) is 143 cm³/mol. The third-order valence-electron chi connectivity index (χ3n) is 5.38. The molecule has 0 fully saturated rings. The van der Waals surface area contributed by atoms with Crippen LogP contribution in [-0.2, 0) is 0 Å². The van der Waals surface area contributed by atoms with Crippen LogP contribution in [-0.4, -0.2) is 10.2 Å². The Labute approximate surface area is 200 Å². The second-order valence-corrected chi connectivity index (χ2v) is 7.72. The number of hydrogen-bond acceptors (Lipinski definition) is 2. The number of rotatable bonds is 1. The molecule has 0 spiro atoms. The molecule has 0 bridgehead atoms. The summed E-state index contributed by atoms with van der Waals surface area (Å²) in [5.41, 5.74) is 2.61. The van der Waals surface area contributed by atoms with Crippen LogP contribution in [0.4, 0.5) is 0 Å². The zero-order valence-corrected chi connectivity index (χ0v) is 18.8. The van der Waals surface area contributed by atoms with Crippen LogP contribution in [0.3, 0.4) is 0 Å². The molecule has 0 aromatic heterocycles. The molecule has 0 aliphatic rings. The van der Waals surface area contributed by atoms with Crippen molar-refractivity contribution in [2.24, 2.45) is 0 Å². The van der Waals surface area contributed by atoms with Gasteiger partial charge in [0.05, 0.1) is 0 Å². The predicted octanol–water partition coefficient (Wildman–Crippen LogP) is 8.44. The van der Waals surface area contributed by atoms with Crippen molar-refractivity contribution in [2.45, 2.75) is 0 Å². The summed E-state index contributed by atoms with van der Waals surface area (Å²) in [5, 5.41) is 22.5. The van der Waals surface area contributed by atoms with E-state index < -0.39 is 0 Å². The standard InChI is InChI=1S/C20H14.2C6H6O/c1-3-11-17-15(7-1)9-5-13-19(17)20-14-6-10-16-8-2-4-12-18(16)20;2*7-6-4-2-1-3-5-6/h1-14H;2*1-5,7H. The second-order valence-electron chi connectivity index (χ2n) is 7.72. The average molecular weight is 443 g/mol. The summed E-state index contributed by atoms with van der Waals surface area (Å²) in [6.07, 6.45) is 0. The first kappa shape index (κ1) is 22.6. The molecule has 0 saturated carbocycles. The fourth-order valence-electron chi connectivity index (χ4n) is 3.78. The topological polar surface area (TPSA) is 40.5 Å². The number of aromatic hydroxyl groups is 2. The molecule has 0 aliphatic heterocycles. The Kier molecular flexibility index (Phi) is 7.55. The van der Waals surface area contributed by atoms with E-state index in [9.17, 15) is 0 Å². The zero-order chi connectivity index (χ0) is 23.6. The van der Waals surface area contributed by atoms with Gasteiger partial charge in [-0.15, -0.1) is 0 Å². The molecule has 2 heteroatoms. The Balaban J connectivity index is 0.000000160. The van der Waals surface area contributed by atoms with Gasteiger partial charge in [-0.2, -0.15) is 0 Å². The SMILES string of the molecule is Oc1ccccc1.Oc1ccccc1.c1ccc2c(-c3cccc4ccccc34)cccc2c1. The minimum atomic E-state index is 0.322. The molecule has 6 aromatic rings. The van der Waals surface area contributed by atoms with Crippen LogP contribution in [0.25, 0.3) is 32.7 Å². The lowest BCUT2D eigenvalue weighted by Crippen LogP contribution is -1.83. The summed E-state index contributed by atoms with van der Waals surface area (Å²) in [6, 6.07) is 47.6. The number of hydrogen-bond donors (Lipinski definition) is 2. The molecule has 0 unspecified atom stereocenters. The molecule has 6 aromatic carbocycles. The van der Waals surface area contributed by atoms with E-state index in [1.807, 2.05) is 12.1 Å². The fourth-order valence-corrected chi connectivity index (χ4v) is 3.78. The number of benzene rings is 6. The molecular formula is C32H26O2. The molecule has 0 radical (unpaired) electrons. The number of para-hydroxylation sites is 2. The zero-order valence-electron chi connectivity index (χ0n) is 18.8.